The molecule has 0 fully saturated rings. The maximum atomic E-state index is 5.82. The van der Waals surface area contributed by atoms with Gasteiger partial charge in [-0.2, -0.15) is 0 Å². The molecule has 0 aliphatic carbocycles. The summed E-state index contributed by atoms with van der Waals surface area (Å²) in [5, 5.41) is 1.15. The minimum atomic E-state index is 0.136. The third-order valence-electron chi connectivity index (χ3n) is 2.88. The Kier molecular flexibility index (Phi) is 3.82. The molecule has 1 aromatic heterocycles. The van der Waals surface area contributed by atoms with Crippen LogP contribution in [0.3, 0.4) is 0 Å². The molecule has 96 valence electrons. The van der Waals surface area contributed by atoms with Crippen LogP contribution in [0.5, 0.6) is 5.75 Å². The molecule has 3 nitrogen and oxygen atoms in total. The molecule has 2 aromatic rings. The third-order valence-corrected chi connectivity index (χ3v) is 2.88. The number of fused-ring (bicyclic) bond motifs is 1. The monoisotopic (exact) mass is 244 g/mol. The first kappa shape index (κ1) is 12.8. The number of aryl methyl sites for hydroxylation is 1. The Labute approximate surface area is 108 Å². The number of hydrogen-bond acceptors (Lipinski definition) is 3. The lowest BCUT2D eigenvalue weighted by Crippen LogP contribution is -2.18. The summed E-state index contributed by atoms with van der Waals surface area (Å²) in [7, 11) is 0. The highest BCUT2D eigenvalue weighted by atomic mass is 16.5. The van der Waals surface area contributed by atoms with Gasteiger partial charge in [0.25, 0.3) is 0 Å². The minimum Gasteiger partial charge on any atom is -0.494 e. The van der Waals surface area contributed by atoms with Gasteiger partial charge in [0, 0.05) is 23.5 Å². The van der Waals surface area contributed by atoms with E-state index in [4.69, 9.17) is 10.5 Å². The van der Waals surface area contributed by atoms with E-state index in [1.165, 1.54) is 5.56 Å². The topological polar surface area (TPSA) is 48.1 Å². The van der Waals surface area contributed by atoms with E-state index in [1.807, 2.05) is 26.0 Å². The number of nitrogens with two attached hydrogens (primary N) is 1. The molecular formula is C15H20N2O. The zero-order valence-electron chi connectivity index (χ0n) is 11.2. The quantitative estimate of drug-likeness (QED) is 0.899. The van der Waals surface area contributed by atoms with E-state index in [-0.39, 0.29) is 6.04 Å². The van der Waals surface area contributed by atoms with Crippen LogP contribution in [0.1, 0.15) is 25.1 Å². The molecule has 0 radical (unpaired) electrons. The third kappa shape index (κ3) is 2.79. The lowest BCUT2D eigenvalue weighted by atomic mass is 10.1. The van der Waals surface area contributed by atoms with Crippen LogP contribution in [0.4, 0.5) is 0 Å². The van der Waals surface area contributed by atoms with E-state index in [2.05, 4.69) is 24.0 Å². The van der Waals surface area contributed by atoms with Crippen molar-refractivity contribution in [3.8, 4) is 5.75 Å². The maximum Gasteiger partial charge on any atom is 0.120 e. The lowest BCUT2D eigenvalue weighted by molar-refractivity contribution is 0.340. The summed E-state index contributed by atoms with van der Waals surface area (Å²) in [5.41, 5.74) is 9.11. The van der Waals surface area contributed by atoms with E-state index >= 15 is 0 Å². The van der Waals surface area contributed by atoms with Gasteiger partial charge in [-0.25, -0.2) is 0 Å². The highest BCUT2D eigenvalue weighted by Gasteiger charge is 2.06. The van der Waals surface area contributed by atoms with Crippen LogP contribution in [-0.2, 0) is 6.42 Å². The molecule has 0 aliphatic rings. The van der Waals surface area contributed by atoms with Crippen LogP contribution < -0.4 is 10.5 Å². The van der Waals surface area contributed by atoms with Crippen molar-refractivity contribution in [3.63, 3.8) is 0 Å². The predicted octanol–water partition coefficient (Wildman–Crippen LogP) is 2.83. The Morgan fingerprint density at radius 2 is 2.11 bits per heavy atom. The number of pyridine rings is 1. The molecule has 1 atom stereocenters. The first-order chi connectivity index (χ1) is 8.60. The van der Waals surface area contributed by atoms with E-state index in [0.717, 1.165) is 28.8 Å². The Balaban J connectivity index is 2.44. The van der Waals surface area contributed by atoms with Crippen LogP contribution in [0.2, 0.25) is 0 Å². The predicted molar refractivity (Wildman–Crippen MR) is 75.0 cm³/mol. The Hall–Kier alpha value is -1.61. The van der Waals surface area contributed by atoms with Gasteiger partial charge in [-0.15, -0.1) is 0 Å². The molecule has 18 heavy (non-hydrogen) atoms. The molecule has 1 heterocycles. The van der Waals surface area contributed by atoms with E-state index in [9.17, 15) is 0 Å². The van der Waals surface area contributed by atoms with Crippen molar-refractivity contribution in [1.82, 2.24) is 4.98 Å². The van der Waals surface area contributed by atoms with Crippen LogP contribution in [0.25, 0.3) is 10.9 Å². The van der Waals surface area contributed by atoms with Crippen molar-refractivity contribution < 1.29 is 4.74 Å². The summed E-state index contributed by atoms with van der Waals surface area (Å²) in [5.74, 6) is 0.898. The number of nitrogens with zero attached hydrogens (tertiary/aromatic N) is 1. The van der Waals surface area contributed by atoms with Crippen LogP contribution >= 0.6 is 0 Å². The van der Waals surface area contributed by atoms with Crippen LogP contribution in [0.15, 0.2) is 24.3 Å². The van der Waals surface area contributed by atoms with E-state index < -0.39 is 0 Å². The molecule has 0 amide bonds. The highest BCUT2D eigenvalue weighted by molar-refractivity contribution is 5.83. The standard InChI is InChI=1S/C15H20N2O/c1-4-18-13-5-6-15-14(9-13)10(2)7-12(17-15)8-11(3)16/h5-7,9,11H,4,8,16H2,1-3H3. The summed E-state index contributed by atoms with van der Waals surface area (Å²) in [4.78, 5) is 4.64. The van der Waals surface area contributed by atoms with Crippen molar-refractivity contribution in [2.45, 2.75) is 33.2 Å². The summed E-state index contributed by atoms with van der Waals surface area (Å²) in [6.07, 6.45) is 0.810. The number of benzene rings is 1. The average Bonchev–Trinajstić information content (AvgIpc) is 2.29. The van der Waals surface area contributed by atoms with E-state index in [1.54, 1.807) is 0 Å². The van der Waals surface area contributed by atoms with Crippen molar-refractivity contribution in [1.29, 1.82) is 0 Å². The number of aromatic nitrogens is 1. The van der Waals surface area contributed by atoms with Gasteiger partial charge in [0.2, 0.25) is 0 Å². The number of rotatable bonds is 4. The second kappa shape index (κ2) is 5.36. The van der Waals surface area contributed by atoms with Crippen molar-refractivity contribution in [3.05, 3.63) is 35.5 Å². The molecule has 0 aliphatic heterocycles. The van der Waals surface area contributed by atoms with Gasteiger partial charge in [-0.3, -0.25) is 4.98 Å². The maximum absolute atomic E-state index is 5.82. The van der Waals surface area contributed by atoms with Crippen molar-refractivity contribution in [2.24, 2.45) is 5.73 Å². The van der Waals surface area contributed by atoms with Gasteiger partial charge in [0.1, 0.15) is 5.75 Å². The van der Waals surface area contributed by atoms with Crippen LogP contribution in [-0.4, -0.2) is 17.6 Å². The summed E-state index contributed by atoms with van der Waals surface area (Å²) < 4.78 is 5.52. The molecule has 2 N–H and O–H groups in total. The van der Waals surface area contributed by atoms with Gasteiger partial charge < -0.3 is 10.5 Å². The summed E-state index contributed by atoms with van der Waals surface area (Å²) >= 11 is 0. The molecule has 1 unspecified atom stereocenters. The SMILES string of the molecule is CCOc1ccc2nc(CC(C)N)cc(C)c2c1. The normalized spacial score (nSPS) is 12.7. The number of ether oxygens (including phenoxy) is 1. The largest absolute Gasteiger partial charge is 0.494 e. The lowest BCUT2D eigenvalue weighted by Gasteiger charge is -2.10. The van der Waals surface area contributed by atoms with Gasteiger partial charge >= 0.3 is 0 Å². The van der Waals surface area contributed by atoms with Gasteiger partial charge in [0.15, 0.2) is 0 Å². The zero-order chi connectivity index (χ0) is 13.1. The Morgan fingerprint density at radius 3 is 2.78 bits per heavy atom. The molecular weight excluding hydrogens is 224 g/mol. The zero-order valence-corrected chi connectivity index (χ0v) is 11.2. The first-order valence-electron chi connectivity index (χ1n) is 6.38. The van der Waals surface area contributed by atoms with Crippen molar-refractivity contribution in [2.75, 3.05) is 6.61 Å². The Bertz CT molecular complexity index is 549. The minimum absolute atomic E-state index is 0.136. The van der Waals surface area contributed by atoms with E-state index in [0.29, 0.717) is 6.61 Å². The molecule has 0 saturated carbocycles. The highest BCUT2D eigenvalue weighted by Crippen LogP contribution is 2.23. The second-order valence-corrected chi connectivity index (χ2v) is 4.72. The van der Waals surface area contributed by atoms with Crippen LogP contribution in [0, 0.1) is 6.92 Å². The van der Waals surface area contributed by atoms with Gasteiger partial charge in [0.05, 0.1) is 12.1 Å². The fourth-order valence-corrected chi connectivity index (χ4v) is 2.13. The van der Waals surface area contributed by atoms with Gasteiger partial charge in [-0.1, -0.05) is 0 Å². The van der Waals surface area contributed by atoms with Crippen molar-refractivity contribution >= 4 is 10.9 Å². The molecule has 0 saturated heterocycles. The van der Waals surface area contributed by atoms with Gasteiger partial charge in [-0.05, 0) is 50.6 Å². The first-order valence-corrected chi connectivity index (χ1v) is 6.38. The summed E-state index contributed by atoms with van der Waals surface area (Å²) in [6.45, 7) is 6.77. The molecule has 3 heteroatoms. The molecule has 0 spiro atoms. The molecule has 1 aromatic carbocycles. The fraction of sp³-hybridized carbons (Fsp3) is 0.400. The number of hydrogen-bond donors (Lipinski definition) is 1. The molecule has 0 bridgehead atoms. The smallest absolute Gasteiger partial charge is 0.120 e. The Morgan fingerprint density at radius 1 is 1.33 bits per heavy atom. The fourth-order valence-electron chi connectivity index (χ4n) is 2.13. The molecule has 2 rings (SSSR count). The average molecular weight is 244 g/mol. The second-order valence-electron chi connectivity index (χ2n) is 4.72. The summed E-state index contributed by atoms with van der Waals surface area (Å²) in [6, 6.07) is 8.28.